The maximum absolute atomic E-state index is 9.98. The molecule has 114 valence electrons. The molecule has 0 radical (unpaired) electrons. The van der Waals surface area contributed by atoms with Gasteiger partial charge in [0.15, 0.2) is 0 Å². The molecule has 1 heterocycles. The number of rotatable bonds is 5. The standard InChI is InChI=1S/C17H23ClN2O/c1-5-20(11-17(3,4)21)10-14-9-13-7-6-12(2)8-15(13)19-16(14)18/h6-9,21H,5,10-11H2,1-4H3. The van der Waals surface area contributed by atoms with Gasteiger partial charge in [0.1, 0.15) is 5.15 Å². The summed E-state index contributed by atoms with van der Waals surface area (Å²) in [5.41, 5.74) is 2.38. The summed E-state index contributed by atoms with van der Waals surface area (Å²) < 4.78 is 0. The van der Waals surface area contributed by atoms with Crippen LogP contribution in [0.4, 0.5) is 0 Å². The Morgan fingerprint density at radius 1 is 1.29 bits per heavy atom. The zero-order chi connectivity index (χ0) is 15.6. The molecule has 0 spiro atoms. The van der Waals surface area contributed by atoms with E-state index in [1.54, 1.807) is 0 Å². The second-order valence-electron chi connectivity index (χ2n) is 6.25. The molecule has 1 aromatic carbocycles. The Morgan fingerprint density at radius 3 is 2.62 bits per heavy atom. The second-order valence-corrected chi connectivity index (χ2v) is 6.61. The van der Waals surface area contributed by atoms with Crippen molar-refractivity contribution >= 4 is 22.5 Å². The molecular weight excluding hydrogens is 284 g/mol. The van der Waals surface area contributed by atoms with Crippen molar-refractivity contribution < 1.29 is 5.11 Å². The maximum atomic E-state index is 9.98. The number of hydrogen-bond acceptors (Lipinski definition) is 3. The van der Waals surface area contributed by atoms with Gasteiger partial charge in [-0.1, -0.05) is 30.7 Å². The van der Waals surface area contributed by atoms with Gasteiger partial charge in [-0.15, -0.1) is 0 Å². The molecule has 2 rings (SSSR count). The van der Waals surface area contributed by atoms with Crippen LogP contribution in [0.25, 0.3) is 10.9 Å². The Morgan fingerprint density at radius 2 is 2.00 bits per heavy atom. The fraction of sp³-hybridized carbons (Fsp3) is 0.471. The first-order valence-electron chi connectivity index (χ1n) is 7.29. The van der Waals surface area contributed by atoms with Gasteiger partial charge in [0.25, 0.3) is 0 Å². The number of fused-ring (bicyclic) bond motifs is 1. The molecule has 0 aliphatic rings. The lowest BCUT2D eigenvalue weighted by Gasteiger charge is -2.28. The third-order valence-corrected chi connectivity index (χ3v) is 3.78. The zero-order valence-corrected chi connectivity index (χ0v) is 13.9. The average Bonchev–Trinajstić information content (AvgIpc) is 2.37. The van der Waals surface area contributed by atoms with Crippen molar-refractivity contribution in [2.45, 2.75) is 39.8 Å². The van der Waals surface area contributed by atoms with E-state index in [-0.39, 0.29) is 0 Å². The molecule has 21 heavy (non-hydrogen) atoms. The van der Waals surface area contributed by atoms with E-state index in [2.05, 4.69) is 35.0 Å². The van der Waals surface area contributed by atoms with Crippen LogP contribution >= 0.6 is 11.6 Å². The zero-order valence-electron chi connectivity index (χ0n) is 13.2. The highest BCUT2D eigenvalue weighted by molar-refractivity contribution is 6.30. The lowest BCUT2D eigenvalue weighted by molar-refractivity contribution is 0.0353. The fourth-order valence-electron chi connectivity index (χ4n) is 2.48. The number of halogens is 1. The highest BCUT2D eigenvalue weighted by Crippen LogP contribution is 2.23. The van der Waals surface area contributed by atoms with Crippen molar-refractivity contribution in [2.24, 2.45) is 0 Å². The second kappa shape index (κ2) is 6.30. The minimum absolute atomic E-state index is 0.544. The van der Waals surface area contributed by atoms with Crippen LogP contribution in [0.2, 0.25) is 5.15 Å². The molecule has 0 saturated heterocycles. The van der Waals surface area contributed by atoms with Gasteiger partial charge in [-0.2, -0.15) is 0 Å². The van der Waals surface area contributed by atoms with Crippen molar-refractivity contribution in [2.75, 3.05) is 13.1 Å². The molecular formula is C17H23ClN2O. The summed E-state index contributed by atoms with van der Waals surface area (Å²) >= 11 is 6.33. The van der Waals surface area contributed by atoms with E-state index in [1.807, 2.05) is 26.8 Å². The van der Waals surface area contributed by atoms with Gasteiger partial charge in [0.2, 0.25) is 0 Å². The van der Waals surface area contributed by atoms with Crippen molar-refractivity contribution in [3.63, 3.8) is 0 Å². The molecule has 0 fully saturated rings. The topological polar surface area (TPSA) is 36.4 Å². The summed E-state index contributed by atoms with van der Waals surface area (Å²) in [6, 6.07) is 8.29. The van der Waals surface area contributed by atoms with Crippen molar-refractivity contribution in [3.05, 3.63) is 40.5 Å². The van der Waals surface area contributed by atoms with Crippen molar-refractivity contribution in [1.82, 2.24) is 9.88 Å². The van der Waals surface area contributed by atoms with Gasteiger partial charge in [-0.3, -0.25) is 4.90 Å². The van der Waals surface area contributed by atoms with E-state index in [1.165, 1.54) is 5.56 Å². The van der Waals surface area contributed by atoms with Crippen LogP contribution in [0.5, 0.6) is 0 Å². The van der Waals surface area contributed by atoms with Crippen LogP contribution in [-0.2, 0) is 6.54 Å². The Labute approximate surface area is 131 Å². The number of aliphatic hydroxyl groups is 1. The normalized spacial score (nSPS) is 12.3. The predicted octanol–water partition coefficient (Wildman–Crippen LogP) is 3.79. The number of aromatic nitrogens is 1. The van der Waals surface area contributed by atoms with Crippen LogP contribution in [-0.4, -0.2) is 33.7 Å². The molecule has 0 aliphatic heterocycles. The summed E-state index contributed by atoms with van der Waals surface area (Å²) in [5.74, 6) is 0. The van der Waals surface area contributed by atoms with E-state index in [0.717, 1.165) is 23.0 Å². The quantitative estimate of drug-likeness (QED) is 0.854. The molecule has 0 bridgehead atoms. The van der Waals surface area contributed by atoms with Crippen molar-refractivity contribution in [1.29, 1.82) is 0 Å². The fourth-order valence-corrected chi connectivity index (χ4v) is 2.68. The molecule has 0 atom stereocenters. The molecule has 2 aromatic rings. The first-order valence-corrected chi connectivity index (χ1v) is 7.67. The highest BCUT2D eigenvalue weighted by Gasteiger charge is 2.18. The van der Waals surface area contributed by atoms with E-state index in [9.17, 15) is 5.11 Å². The Balaban J connectivity index is 2.29. The minimum atomic E-state index is -0.718. The number of hydrogen-bond donors (Lipinski definition) is 1. The minimum Gasteiger partial charge on any atom is -0.389 e. The van der Waals surface area contributed by atoms with Gasteiger partial charge < -0.3 is 5.11 Å². The SMILES string of the molecule is CCN(Cc1cc2ccc(C)cc2nc1Cl)CC(C)(C)O. The van der Waals surface area contributed by atoms with Gasteiger partial charge in [-0.25, -0.2) is 4.98 Å². The lowest BCUT2D eigenvalue weighted by Crippen LogP contribution is -2.38. The van der Waals surface area contributed by atoms with Crippen LogP contribution in [0.3, 0.4) is 0 Å². The molecule has 3 nitrogen and oxygen atoms in total. The van der Waals surface area contributed by atoms with Gasteiger partial charge in [0, 0.05) is 24.0 Å². The first-order chi connectivity index (χ1) is 9.78. The highest BCUT2D eigenvalue weighted by atomic mass is 35.5. The van der Waals surface area contributed by atoms with Gasteiger partial charge in [-0.05, 0) is 45.0 Å². The van der Waals surface area contributed by atoms with Crippen LogP contribution in [0.1, 0.15) is 31.9 Å². The van der Waals surface area contributed by atoms with E-state index < -0.39 is 5.60 Å². The van der Waals surface area contributed by atoms with E-state index in [4.69, 9.17) is 11.6 Å². The van der Waals surface area contributed by atoms with Crippen LogP contribution in [0, 0.1) is 6.92 Å². The van der Waals surface area contributed by atoms with Crippen molar-refractivity contribution in [3.8, 4) is 0 Å². The third-order valence-electron chi connectivity index (χ3n) is 3.45. The molecule has 0 aliphatic carbocycles. The first kappa shape index (κ1) is 16.2. The van der Waals surface area contributed by atoms with Crippen LogP contribution < -0.4 is 0 Å². The van der Waals surface area contributed by atoms with Gasteiger partial charge >= 0.3 is 0 Å². The van der Waals surface area contributed by atoms with E-state index >= 15 is 0 Å². The summed E-state index contributed by atoms with van der Waals surface area (Å²) in [5, 5.41) is 11.6. The number of aryl methyl sites for hydroxylation is 1. The summed E-state index contributed by atoms with van der Waals surface area (Å²) in [4.78, 5) is 6.67. The van der Waals surface area contributed by atoms with E-state index in [0.29, 0.717) is 18.2 Å². The molecule has 4 heteroatoms. The molecule has 0 amide bonds. The number of nitrogens with zero attached hydrogens (tertiary/aromatic N) is 2. The average molecular weight is 307 g/mol. The number of benzene rings is 1. The van der Waals surface area contributed by atoms with Gasteiger partial charge in [0.05, 0.1) is 11.1 Å². The largest absolute Gasteiger partial charge is 0.389 e. The maximum Gasteiger partial charge on any atom is 0.134 e. The van der Waals surface area contributed by atoms with Crippen LogP contribution in [0.15, 0.2) is 24.3 Å². The molecule has 1 aromatic heterocycles. The third kappa shape index (κ3) is 4.40. The molecule has 1 N–H and O–H groups in total. The molecule has 0 saturated carbocycles. The Bertz CT molecular complexity index is 634. The monoisotopic (exact) mass is 306 g/mol. The smallest absolute Gasteiger partial charge is 0.134 e. The summed E-state index contributed by atoms with van der Waals surface area (Å²) in [6.45, 7) is 9.91. The molecule has 0 unspecified atom stereocenters. The predicted molar refractivity (Wildman–Crippen MR) is 88.7 cm³/mol. The Hall–Kier alpha value is -1.16. The summed E-state index contributed by atoms with van der Waals surface area (Å²) in [6.07, 6.45) is 0. The lowest BCUT2D eigenvalue weighted by atomic mass is 10.1. The Kier molecular flexibility index (Phi) is 4.87. The summed E-state index contributed by atoms with van der Waals surface area (Å²) in [7, 11) is 0. The number of pyridine rings is 1. The number of likely N-dealkylation sites (N-methyl/N-ethyl adjacent to an activating group) is 1.